The number of allylic oxidation sites excluding steroid dienone is 6. The Morgan fingerprint density at radius 1 is 1.14 bits per heavy atom. The Bertz CT molecular complexity index is 1270. The number of carbonyl (C=O) groups excluding carboxylic acids is 1. The highest BCUT2D eigenvalue weighted by molar-refractivity contribution is 8.01. The molecule has 0 bridgehead atoms. The molecule has 0 aromatic rings. The second-order valence-corrected chi connectivity index (χ2v) is 16.2. The maximum absolute atomic E-state index is 11.5. The minimum absolute atomic E-state index is 0.0128. The predicted molar refractivity (Wildman–Crippen MR) is 180 cm³/mol. The maximum Gasteiger partial charge on any atom is 0.221 e. The van der Waals surface area contributed by atoms with Crippen LogP contribution in [-0.2, 0) is 4.79 Å². The third-order valence-corrected chi connectivity index (χ3v) is 11.2. The standard InChI is InChI=1S/C37H54N2O3S/c1-24-14-17-36(7,8)32(22-35(5,6)23-38)25(2)15-18-37(9)19-16-33(41)34(42)26(3)20-30(21-31(24)37)43-29-12-10-28(11-13-29)39-27(4)40/h10-12,16,19-21,24-25,29-30,32,41-42H,13-15,17-18,22H2,1-9H3,(H,39,40)/b19-16+,26-20+,31-21-,34-33-/t24-,25+,29?,30?,32-,37-/m0/s1. The van der Waals surface area contributed by atoms with Crippen molar-refractivity contribution in [1.29, 1.82) is 5.26 Å². The average molecular weight is 607 g/mol. The average Bonchev–Trinajstić information content (AvgIpc) is 2.94. The number of fused-ring (bicyclic) bond motifs is 1. The van der Waals surface area contributed by atoms with E-state index in [2.05, 4.69) is 90.2 Å². The van der Waals surface area contributed by atoms with Crippen LogP contribution in [0.2, 0.25) is 0 Å². The summed E-state index contributed by atoms with van der Waals surface area (Å²) in [4.78, 5) is 11.5. The van der Waals surface area contributed by atoms with Gasteiger partial charge in [0.2, 0.25) is 5.91 Å². The van der Waals surface area contributed by atoms with Crippen molar-refractivity contribution in [1.82, 2.24) is 5.32 Å². The zero-order chi connectivity index (χ0) is 32.2. The Hall–Kier alpha value is -2.65. The van der Waals surface area contributed by atoms with Gasteiger partial charge >= 0.3 is 0 Å². The lowest BCUT2D eigenvalue weighted by molar-refractivity contribution is -0.118. The van der Waals surface area contributed by atoms with Crippen LogP contribution in [0.4, 0.5) is 0 Å². The van der Waals surface area contributed by atoms with E-state index in [1.54, 1.807) is 6.08 Å². The number of amides is 1. The highest BCUT2D eigenvalue weighted by atomic mass is 32.2. The molecule has 0 heterocycles. The molecule has 1 fully saturated rings. The molecule has 0 radical (unpaired) electrons. The van der Waals surface area contributed by atoms with Gasteiger partial charge < -0.3 is 15.5 Å². The van der Waals surface area contributed by atoms with Gasteiger partial charge in [0.05, 0.1) is 11.5 Å². The van der Waals surface area contributed by atoms with E-state index in [-0.39, 0.29) is 44.2 Å². The van der Waals surface area contributed by atoms with Crippen LogP contribution < -0.4 is 5.32 Å². The van der Waals surface area contributed by atoms with Gasteiger partial charge in [-0.15, -0.1) is 11.8 Å². The van der Waals surface area contributed by atoms with Gasteiger partial charge in [0.15, 0.2) is 11.5 Å². The number of aliphatic hydroxyl groups excluding tert-OH is 2. The molecule has 0 spiro atoms. The van der Waals surface area contributed by atoms with Gasteiger partial charge in [-0.05, 0) is 100 Å². The first-order chi connectivity index (χ1) is 20.0. The molecule has 6 atom stereocenters. The first kappa shape index (κ1) is 34.8. The van der Waals surface area contributed by atoms with Gasteiger partial charge in [0.1, 0.15) is 0 Å². The molecule has 1 amide bonds. The molecular weight excluding hydrogens is 552 g/mol. The number of rotatable bonds is 5. The molecule has 0 saturated heterocycles. The van der Waals surface area contributed by atoms with Crippen molar-refractivity contribution in [2.45, 2.75) is 111 Å². The number of nitriles is 1. The summed E-state index contributed by atoms with van der Waals surface area (Å²) in [7, 11) is 0. The largest absolute Gasteiger partial charge is 0.504 e. The van der Waals surface area contributed by atoms with Crippen LogP contribution in [0.3, 0.4) is 0 Å². The summed E-state index contributed by atoms with van der Waals surface area (Å²) < 4.78 is 0. The summed E-state index contributed by atoms with van der Waals surface area (Å²) in [6.45, 7) is 19.3. The van der Waals surface area contributed by atoms with Crippen LogP contribution in [0.5, 0.6) is 0 Å². The smallest absolute Gasteiger partial charge is 0.221 e. The van der Waals surface area contributed by atoms with Crippen molar-refractivity contribution in [2.24, 2.45) is 34.0 Å². The Kier molecular flexibility index (Phi) is 11.3. The highest BCUT2D eigenvalue weighted by Gasteiger charge is 2.41. The summed E-state index contributed by atoms with van der Waals surface area (Å²) >= 11 is 1.83. The van der Waals surface area contributed by atoms with Crippen molar-refractivity contribution < 1.29 is 15.0 Å². The molecule has 6 heteroatoms. The quantitative estimate of drug-likeness (QED) is 0.271. The second kappa shape index (κ2) is 14.0. The van der Waals surface area contributed by atoms with E-state index in [1.165, 1.54) is 12.5 Å². The van der Waals surface area contributed by atoms with Gasteiger partial charge in [0, 0.05) is 28.5 Å². The lowest BCUT2D eigenvalue weighted by Crippen LogP contribution is -2.36. The molecule has 3 aliphatic carbocycles. The second-order valence-electron chi connectivity index (χ2n) is 14.8. The summed E-state index contributed by atoms with van der Waals surface area (Å²) in [5.74, 6) is 0.904. The zero-order valence-electron chi connectivity index (χ0n) is 27.8. The predicted octanol–water partition coefficient (Wildman–Crippen LogP) is 9.64. The molecule has 0 aromatic carbocycles. The van der Waals surface area contributed by atoms with E-state index in [0.717, 1.165) is 44.2 Å². The normalized spacial score (nSPS) is 36.8. The third kappa shape index (κ3) is 9.17. The fourth-order valence-electron chi connectivity index (χ4n) is 7.11. The van der Waals surface area contributed by atoms with E-state index in [4.69, 9.17) is 0 Å². The Morgan fingerprint density at radius 3 is 2.44 bits per heavy atom. The lowest BCUT2D eigenvalue weighted by Gasteiger charge is -2.45. The van der Waals surface area contributed by atoms with Crippen LogP contribution >= 0.6 is 11.8 Å². The minimum atomic E-state index is -0.369. The fourth-order valence-corrected chi connectivity index (χ4v) is 8.40. The summed E-state index contributed by atoms with van der Waals surface area (Å²) in [6, 6.07) is 2.55. The van der Waals surface area contributed by atoms with E-state index >= 15 is 0 Å². The number of nitrogens with zero attached hydrogens (tertiary/aromatic N) is 1. The summed E-state index contributed by atoms with van der Waals surface area (Å²) in [5.41, 5.74) is 2.29. The van der Waals surface area contributed by atoms with Crippen LogP contribution in [0.25, 0.3) is 0 Å². The number of hydrogen-bond acceptors (Lipinski definition) is 5. The van der Waals surface area contributed by atoms with Crippen LogP contribution in [0.15, 0.2) is 70.9 Å². The molecule has 236 valence electrons. The highest BCUT2D eigenvalue weighted by Crippen LogP contribution is 2.51. The minimum Gasteiger partial charge on any atom is -0.504 e. The Labute approximate surface area is 265 Å². The number of nitrogens with one attached hydrogen (secondary N) is 1. The third-order valence-electron chi connectivity index (χ3n) is 9.95. The van der Waals surface area contributed by atoms with Crippen molar-refractivity contribution in [3.8, 4) is 6.07 Å². The van der Waals surface area contributed by atoms with Crippen molar-refractivity contribution in [2.75, 3.05) is 0 Å². The Morgan fingerprint density at radius 2 is 1.84 bits per heavy atom. The van der Waals surface area contributed by atoms with E-state index in [9.17, 15) is 20.3 Å². The molecular formula is C37H54N2O3S. The number of carbonyl (C=O) groups is 1. The van der Waals surface area contributed by atoms with E-state index in [1.807, 2.05) is 24.8 Å². The molecule has 1 saturated carbocycles. The fraction of sp³-hybridized carbons (Fsp3) is 0.622. The lowest BCUT2D eigenvalue weighted by atomic mass is 9.60. The number of aliphatic hydroxyl groups is 2. The summed E-state index contributed by atoms with van der Waals surface area (Å²) in [6.07, 6.45) is 20.2. The van der Waals surface area contributed by atoms with Crippen LogP contribution in [0, 0.1) is 45.3 Å². The maximum atomic E-state index is 11.5. The topological polar surface area (TPSA) is 93.4 Å². The van der Waals surface area contributed by atoms with Gasteiger partial charge in [-0.3, -0.25) is 4.79 Å². The molecule has 3 aliphatic rings. The van der Waals surface area contributed by atoms with Crippen molar-refractivity contribution in [3.05, 3.63) is 70.9 Å². The van der Waals surface area contributed by atoms with Crippen LogP contribution in [-0.4, -0.2) is 26.6 Å². The molecule has 3 rings (SSSR count). The SMILES string of the molecule is CC(=O)NC1=CCC(SC2/C=C3/[C@@H](C)CCC(C)(C)[C@@H](CC(C)(C)C#N)[C@H](C)CC[C@@]3(C)/C=C/C(O)=C(O)\C(C)=C\2)C=C1. The van der Waals surface area contributed by atoms with E-state index < -0.39 is 0 Å². The first-order valence-electron chi connectivity index (χ1n) is 15.9. The monoisotopic (exact) mass is 606 g/mol. The molecule has 2 unspecified atom stereocenters. The summed E-state index contributed by atoms with van der Waals surface area (Å²) in [5, 5.41) is 34.7. The number of hydrogen-bond donors (Lipinski definition) is 3. The van der Waals surface area contributed by atoms with Crippen molar-refractivity contribution >= 4 is 17.7 Å². The van der Waals surface area contributed by atoms with Crippen LogP contribution in [0.1, 0.15) is 101 Å². The van der Waals surface area contributed by atoms with Gasteiger partial charge in [-0.1, -0.05) is 70.6 Å². The van der Waals surface area contributed by atoms with Gasteiger partial charge in [0.25, 0.3) is 0 Å². The van der Waals surface area contributed by atoms with Crippen molar-refractivity contribution in [3.63, 3.8) is 0 Å². The van der Waals surface area contributed by atoms with Gasteiger partial charge in [-0.25, -0.2) is 0 Å². The number of thioether (sulfide) groups is 1. The van der Waals surface area contributed by atoms with E-state index in [0.29, 0.717) is 23.3 Å². The van der Waals surface area contributed by atoms with Gasteiger partial charge in [-0.2, -0.15) is 5.26 Å². The first-order valence-corrected chi connectivity index (χ1v) is 16.9. The molecule has 5 nitrogen and oxygen atoms in total. The zero-order valence-corrected chi connectivity index (χ0v) is 28.6. The molecule has 0 aliphatic heterocycles. The molecule has 0 aromatic heterocycles. The molecule has 43 heavy (non-hydrogen) atoms. The Balaban J connectivity index is 2.04. The molecule has 3 N–H and O–H groups in total.